The summed E-state index contributed by atoms with van der Waals surface area (Å²) in [6, 6.07) is 14.8. The van der Waals surface area contributed by atoms with Crippen molar-refractivity contribution in [3.63, 3.8) is 0 Å². The number of carbonyl (C=O) groups excluding carboxylic acids is 2. The quantitative estimate of drug-likeness (QED) is 0.442. The number of ether oxygens (including phenoxy) is 1. The van der Waals surface area contributed by atoms with Crippen molar-refractivity contribution in [1.82, 2.24) is 15.1 Å². The number of aryl methyl sites for hydroxylation is 1. The van der Waals surface area contributed by atoms with Crippen LogP contribution in [0.15, 0.2) is 67.4 Å². The van der Waals surface area contributed by atoms with Gasteiger partial charge in [0.2, 0.25) is 0 Å². The van der Waals surface area contributed by atoms with Crippen LogP contribution in [0.5, 0.6) is 0 Å². The fourth-order valence-electron chi connectivity index (χ4n) is 4.16. The molecular formula is C25H24N4O5. The number of amides is 2. The molecule has 1 unspecified atom stereocenters. The lowest BCUT2D eigenvalue weighted by atomic mass is 9.98. The van der Waals surface area contributed by atoms with E-state index in [1.807, 2.05) is 48.5 Å². The number of aromatic nitrogens is 2. The van der Waals surface area contributed by atoms with Crippen molar-refractivity contribution in [2.45, 2.75) is 18.4 Å². The summed E-state index contributed by atoms with van der Waals surface area (Å²) in [5.74, 6) is -1.99. The lowest BCUT2D eigenvalue weighted by Gasteiger charge is -2.15. The predicted octanol–water partition coefficient (Wildman–Crippen LogP) is 3.54. The summed E-state index contributed by atoms with van der Waals surface area (Å²) in [6.45, 7) is 3.62. The molecule has 4 rings (SSSR count). The lowest BCUT2D eigenvalue weighted by Crippen LogP contribution is -2.41. The lowest BCUT2D eigenvalue weighted by molar-refractivity contribution is -0.139. The summed E-state index contributed by atoms with van der Waals surface area (Å²) in [4.78, 5) is 36.7. The van der Waals surface area contributed by atoms with Gasteiger partial charge in [-0.25, -0.2) is 9.59 Å². The molecule has 3 aromatic rings. The maximum Gasteiger partial charge on any atom is 0.411 e. The molecule has 34 heavy (non-hydrogen) atoms. The Hall–Kier alpha value is -4.40. The van der Waals surface area contributed by atoms with Gasteiger partial charge < -0.3 is 15.2 Å². The molecule has 0 spiro atoms. The molecule has 0 aliphatic heterocycles. The number of hydrogen-bond donors (Lipinski definition) is 3. The number of hydrogen-bond acceptors (Lipinski definition) is 5. The largest absolute Gasteiger partial charge is 0.480 e. The van der Waals surface area contributed by atoms with Crippen LogP contribution in [-0.4, -0.2) is 45.5 Å². The zero-order chi connectivity index (χ0) is 24.2. The SMILES string of the molecule is C=CCC(NC(=O)c1c(NC(=O)OCC2c3ccccc3-c3ccccc32)cnn1C)C(=O)O. The Morgan fingerprint density at radius 1 is 1.15 bits per heavy atom. The van der Waals surface area contributed by atoms with Gasteiger partial charge in [-0.2, -0.15) is 5.10 Å². The molecule has 0 saturated heterocycles. The van der Waals surface area contributed by atoms with Gasteiger partial charge in [0.25, 0.3) is 5.91 Å². The number of carbonyl (C=O) groups is 3. The molecule has 9 heteroatoms. The Kier molecular flexibility index (Phi) is 6.44. The summed E-state index contributed by atoms with van der Waals surface area (Å²) < 4.78 is 6.77. The van der Waals surface area contributed by atoms with Crippen molar-refractivity contribution in [2.75, 3.05) is 11.9 Å². The van der Waals surface area contributed by atoms with Crippen LogP contribution in [-0.2, 0) is 16.6 Å². The standard InChI is InChI=1S/C25H24N4O5/c1-3-8-20(24(31)32)27-23(30)22-21(13-26-29(22)2)28-25(33)34-14-19-17-11-6-4-9-15(17)16-10-5-7-12-18(16)19/h3-7,9-13,19-20H,1,8,14H2,2H3,(H,27,30)(H,28,33)(H,31,32). The van der Waals surface area contributed by atoms with Gasteiger partial charge in [-0.15, -0.1) is 6.58 Å². The highest BCUT2D eigenvalue weighted by Gasteiger charge is 2.29. The number of benzene rings is 2. The van der Waals surface area contributed by atoms with E-state index < -0.39 is 24.0 Å². The number of carboxylic acids is 1. The Balaban J connectivity index is 1.45. The summed E-state index contributed by atoms with van der Waals surface area (Å²) >= 11 is 0. The van der Waals surface area contributed by atoms with Crippen LogP contribution in [0.1, 0.15) is 34.0 Å². The first-order valence-corrected chi connectivity index (χ1v) is 10.7. The number of anilines is 1. The highest BCUT2D eigenvalue weighted by molar-refractivity contribution is 6.02. The van der Waals surface area contributed by atoms with Crippen LogP contribution in [0.25, 0.3) is 11.1 Å². The molecule has 9 nitrogen and oxygen atoms in total. The van der Waals surface area contributed by atoms with Crippen LogP contribution < -0.4 is 10.6 Å². The molecule has 2 aromatic carbocycles. The average Bonchev–Trinajstić information content (AvgIpc) is 3.34. The maximum atomic E-state index is 12.7. The van der Waals surface area contributed by atoms with E-state index >= 15 is 0 Å². The van der Waals surface area contributed by atoms with Crippen molar-refractivity contribution in [3.05, 3.63) is 84.2 Å². The van der Waals surface area contributed by atoms with Gasteiger partial charge >= 0.3 is 12.1 Å². The van der Waals surface area contributed by atoms with Crippen LogP contribution in [0.3, 0.4) is 0 Å². The number of rotatable bonds is 8. The number of nitrogens with one attached hydrogen (secondary N) is 2. The Morgan fingerprint density at radius 3 is 2.35 bits per heavy atom. The summed E-state index contributed by atoms with van der Waals surface area (Å²) in [5.41, 5.74) is 4.51. The highest BCUT2D eigenvalue weighted by atomic mass is 16.5. The third kappa shape index (κ3) is 4.40. The van der Waals surface area contributed by atoms with Gasteiger partial charge in [-0.05, 0) is 28.7 Å². The fourth-order valence-corrected chi connectivity index (χ4v) is 4.16. The zero-order valence-corrected chi connectivity index (χ0v) is 18.5. The minimum absolute atomic E-state index is 0.00354. The van der Waals surface area contributed by atoms with Gasteiger partial charge in [-0.1, -0.05) is 54.6 Å². The van der Waals surface area contributed by atoms with Crippen molar-refractivity contribution in [3.8, 4) is 11.1 Å². The first-order valence-electron chi connectivity index (χ1n) is 10.7. The van der Waals surface area contributed by atoms with E-state index in [4.69, 9.17) is 4.74 Å². The van der Waals surface area contributed by atoms with E-state index in [9.17, 15) is 19.5 Å². The van der Waals surface area contributed by atoms with E-state index in [0.29, 0.717) is 0 Å². The van der Waals surface area contributed by atoms with E-state index in [1.165, 1.54) is 24.0 Å². The van der Waals surface area contributed by atoms with Crippen LogP contribution in [0, 0.1) is 0 Å². The Morgan fingerprint density at radius 2 is 1.76 bits per heavy atom. The van der Waals surface area contributed by atoms with Crippen LogP contribution >= 0.6 is 0 Å². The van der Waals surface area contributed by atoms with E-state index in [-0.39, 0.29) is 30.3 Å². The molecule has 0 radical (unpaired) electrons. The van der Waals surface area contributed by atoms with Crippen LogP contribution in [0.2, 0.25) is 0 Å². The molecular weight excluding hydrogens is 436 g/mol. The minimum Gasteiger partial charge on any atom is -0.480 e. The number of nitrogens with zero attached hydrogens (tertiary/aromatic N) is 2. The third-order valence-electron chi connectivity index (χ3n) is 5.74. The molecule has 2 amide bonds. The van der Waals surface area contributed by atoms with E-state index in [2.05, 4.69) is 22.3 Å². The highest BCUT2D eigenvalue weighted by Crippen LogP contribution is 2.44. The second kappa shape index (κ2) is 9.62. The van der Waals surface area contributed by atoms with Crippen molar-refractivity contribution >= 4 is 23.7 Å². The number of aliphatic carboxylic acids is 1. The van der Waals surface area contributed by atoms with Gasteiger partial charge in [0.15, 0.2) is 0 Å². The van der Waals surface area contributed by atoms with Crippen molar-refractivity contribution < 1.29 is 24.2 Å². The molecule has 0 saturated carbocycles. The molecule has 1 atom stereocenters. The summed E-state index contributed by atoms with van der Waals surface area (Å²) in [5, 5.41) is 18.2. The van der Waals surface area contributed by atoms with Gasteiger partial charge in [0, 0.05) is 13.0 Å². The first kappa shape index (κ1) is 22.8. The minimum atomic E-state index is -1.19. The van der Waals surface area contributed by atoms with Gasteiger partial charge in [-0.3, -0.25) is 14.8 Å². The van der Waals surface area contributed by atoms with Gasteiger partial charge in [0.05, 0.1) is 11.9 Å². The van der Waals surface area contributed by atoms with E-state index in [0.717, 1.165) is 22.3 Å². The molecule has 1 aliphatic rings. The Labute approximate surface area is 196 Å². The van der Waals surface area contributed by atoms with Crippen LogP contribution in [0.4, 0.5) is 10.5 Å². The average molecular weight is 460 g/mol. The van der Waals surface area contributed by atoms with Gasteiger partial charge in [0.1, 0.15) is 18.3 Å². The summed E-state index contributed by atoms with van der Waals surface area (Å²) in [7, 11) is 1.51. The molecule has 1 aromatic heterocycles. The topological polar surface area (TPSA) is 123 Å². The normalized spacial score (nSPS) is 12.9. The second-order valence-electron chi connectivity index (χ2n) is 7.87. The number of fused-ring (bicyclic) bond motifs is 3. The predicted molar refractivity (Wildman–Crippen MR) is 126 cm³/mol. The monoisotopic (exact) mass is 460 g/mol. The van der Waals surface area contributed by atoms with E-state index in [1.54, 1.807) is 0 Å². The molecule has 1 heterocycles. The molecule has 174 valence electrons. The Bertz CT molecular complexity index is 1220. The van der Waals surface area contributed by atoms with Crippen molar-refractivity contribution in [2.24, 2.45) is 7.05 Å². The molecule has 3 N–H and O–H groups in total. The first-order chi connectivity index (χ1) is 16.4. The maximum absolute atomic E-state index is 12.7. The molecule has 0 bridgehead atoms. The smallest absolute Gasteiger partial charge is 0.411 e. The summed E-state index contributed by atoms with van der Waals surface area (Å²) in [6.07, 6.45) is 2.01. The third-order valence-corrected chi connectivity index (χ3v) is 5.74. The van der Waals surface area contributed by atoms with Crippen molar-refractivity contribution in [1.29, 1.82) is 0 Å². The zero-order valence-electron chi connectivity index (χ0n) is 18.5. The second-order valence-corrected chi connectivity index (χ2v) is 7.87. The fraction of sp³-hybridized carbons (Fsp3) is 0.200. The molecule has 1 aliphatic carbocycles. The number of carboxylic acid groups (broad SMARTS) is 1. The molecule has 0 fully saturated rings.